The Morgan fingerprint density at radius 2 is 2.16 bits per heavy atom. The Hall–Kier alpha value is -0.870. The Morgan fingerprint density at radius 3 is 2.84 bits per heavy atom. The third-order valence-electron chi connectivity index (χ3n) is 3.87. The summed E-state index contributed by atoms with van der Waals surface area (Å²) in [5.74, 6) is 0.930. The molecule has 1 aliphatic rings. The average Bonchev–Trinajstić information content (AvgIpc) is 3.06. The highest BCUT2D eigenvalue weighted by atomic mass is 32.1. The van der Waals surface area contributed by atoms with E-state index >= 15 is 0 Å². The van der Waals surface area contributed by atoms with Crippen molar-refractivity contribution in [3.8, 4) is 0 Å². The molecule has 2 rings (SSSR count). The van der Waals surface area contributed by atoms with E-state index in [1.54, 1.807) is 11.9 Å². The maximum Gasteiger partial charge on any atom is 0.221 e. The van der Waals surface area contributed by atoms with Crippen LogP contribution in [-0.2, 0) is 11.3 Å². The molecule has 0 aromatic carbocycles. The zero-order chi connectivity index (χ0) is 13.7. The van der Waals surface area contributed by atoms with Gasteiger partial charge in [0.2, 0.25) is 5.91 Å². The number of hydrogen-bond donors (Lipinski definition) is 1. The monoisotopic (exact) mass is 280 g/mol. The molecule has 106 valence electrons. The van der Waals surface area contributed by atoms with Crippen LogP contribution in [0.2, 0.25) is 0 Å². The van der Waals surface area contributed by atoms with Gasteiger partial charge in [0.25, 0.3) is 0 Å². The summed E-state index contributed by atoms with van der Waals surface area (Å²) in [7, 11) is 3.77. The van der Waals surface area contributed by atoms with Gasteiger partial charge in [0.15, 0.2) is 0 Å². The van der Waals surface area contributed by atoms with E-state index in [1.165, 1.54) is 30.6 Å². The summed E-state index contributed by atoms with van der Waals surface area (Å²) >= 11 is 1.96. The molecule has 1 aromatic rings. The predicted molar refractivity (Wildman–Crippen MR) is 80.5 cm³/mol. The maximum atomic E-state index is 11.2. The van der Waals surface area contributed by atoms with Crippen LogP contribution in [0.4, 0.5) is 0 Å². The second kappa shape index (κ2) is 7.06. The smallest absolute Gasteiger partial charge is 0.221 e. The molecule has 1 aromatic heterocycles. The highest BCUT2D eigenvalue weighted by Crippen LogP contribution is 2.37. The van der Waals surface area contributed by atoms with Gasteiger partial charge in [0.1, 0.15) is 0 Å². The van der Waals surface area contributed by atoms with Crippen molar-refractivity contribution in [3.63, 3.8) is 0 Å². The molecule has 0 bridgehead atoms. The summed E-state index contributed by atoms with van der Waals surface area (Å²) in [5, 5.41) is 2.66. The topological polar surface area (TPSA) is 32.3 Å². The lowest BCUT2D eigenvalue weighted by Gasteiger charge is -2.14. The maximum absolute atomic E-state index is 11.2. The normalized spacial score (nSPS) is 16.2. The second-order valence-electron chi connectivity index (χ2n) is 5.45. The van der Waals surface area contributed by atoms with E-state index in [2.05, 4.69) is 29.4 Å². The van der Waals surface area contributed by atoms with E-state index < -0.39 is 0 Å². The zero-order valence-electron chi connectivity index (χ0n) is 11.9. The van der Waals surface area contributed by atoms with Gasteiger partial charge in [-0.05, 0) is 37.9 Å². The highest BCUT2D eigenvalue weighted by molar-refractivity contribution is 7.12. The van der Waals surface area contributed by atoms with Gasteiger partial charge < -0.3 is 10.2 Å². The molecule has 3 nitrogen and oxygen atoms in total. The third-order valence-corrected chi connectivity index (χ3v) is 5.10. The number of nitrogens with zero attached hydrogens (tertiary/aromatic N) is 1. The van der Waals surface area contributed by atoms with Crippen molar-refractivity contribution in [1.29, 1.82) is 0 Å². The lowest BCUT2D eigenvalue weighted by molar-refractivity contribution is -0.120. The molecule has 0 unspecified atom stereocenters. The number of rotatable bonds is 6. The van der Waals surface area contributed by atoms with E-state index in [1.807, 2.05) is 11.3 Å². The van der Waals surface area contributed by atoms with Gasteiger partial charge in [0, 0.05) is 36.3 Å². The van der Waals surface area contributed by atoms with Crippen LogP contribution in [0.3, 0.4) is 0 Å². The van der Waals surface area contributed by atoms with Gasteiger partial charge >= 0.3 is 0 Å². The van der Waals surface area contributed by atoms with Crippen molar-refractivity contribution in [3.05, 3.63) is 21.9 Å². The van der Waals surface area contributed by atoms with Crippen LogP contribution in [0, 0.1) is 0 Å². The SMILES string of the molecule is CNC(=O)CCN(C)Cc1ccc(C2CCCC2)s1. The molecule has 1 N–H and O–H groups in total. The van der Waals surface area contributed by atoms with E-state index in [0.29, 0.717) is 6.42 Å². The lowest BCUT2D eigenvalue weighted by Crippen LogP contribution is -2.26. The molecule has 0 atom stereocenters. The van der Waals surface area contributed by atoms with Crippen LogP contribution >= 0.6 is 11.3 Å². The molecule has 4 heteroatoms. The Kier molecular flexibility index (Phi) is 5.40. The Morgan fingerprint density at radius 1 is 1.42 bits per heavy atom. The first-order valence-electron chi connectivity index (χ1n) is 7.17. The summed E-state index contributed by atoms with van der Waals surface area (Å²) in [6, 6.07) is 4.57. The molecule has 1 heterocycles. The first-order chi connectivity index (χ1) is 9.19. The van der Waals surface area contributed by atoms with Crippen LogP contribution in [-0.4, -0.2) is 31.4 Å². The van der Waals surface area contributed by atoms with Crippen LogP contribution < -0.4 is 5.32 Å². The number of thiophene rings is 1. The van der Waals surface area contributed by atoms with Crippen molar-refractivity contribution in [1.82, 2.24) is 10.2 Å². The van der Waals surface area contributed by atoms with Gasteiger partial charge in [-0.2, -0.15) is 0 Å². The van der Waals surface area contributed by atoms with Gasteiger partial charge in [0.05, 0.1) is 0 Å². The standard InChI is InChI=1S/C15H24N2OS/c1-16-15(18)9-10-17(2)11-13-7-8-14(19-13)12-5-3-4-6-12/h7-8,12H,3-6,9-11H2,1-2H3,(H,16,18). The fraction of sp³-hybridized carbons (Fsp3) is 0.667. The minimum Gasteiger partial charge on any atom is -0.359 e. The van der Waals surface area contributed by atoms with Crippen LogP contribution in [0.15, 0.2) is 12.1 Å². The number of nitrogens with one attached hydrogen (secondary N) is 1. The third kappa shape index (κ3) is 4.32. The number of carbonyl (C=O) groups is 1. The highest BCUT2D eigenvalue weighted by Gasteiger charge is 2.18. The molecular formula is C15H24N2OS. The van der Waals surface area contributed by atoms with Gasteiger partial charge in [-0.25, -0.2) is 0 Å². The van der Waals surface area contributed by atoms with E-state index in [0.717, 1.165) is 19.0 Å². The molecule has 0 spiro atoms. The molecule has 1 aliphatic carbocycles. The molecule has 1 saturated carbocycles. The first kappa shape index (κ1) is 14.5. The van der Waals surface area contributed by atoms with Crippen LogP contribution in [0.1, 0.15) is 47.8 Å². The summed E-state index contributed by atoms with van der Waals surface area (Å²) in [6.45, 7) is 1.77. The Balaban J connectivity index is 1.80. The quantitative estimate of drug-likeness (QED) is 0.869. The van der Waals surface area contributed by atoms with E-state index in [9.17, 15) is 4.79 Å². The Labute approximate surface area is 120 Å². The van der Waals surface area contributed by atoms with Gasteiger partial charge in [-0.1, -0.05) is 12.8 Å². The minimum atomic E-state index is 0.115. The molecule has 0 aliphatic heterocycles. The fourth-order valence-electron chi connectivity index (χ4n) is 2.67. The minimum absolute atomic E-state index is 0.115. The Bertz CT molecular complexity index is 410. The summed E-state index contributed by atoms with van der Waals surface area (Å²) < 4.78 is 0. The lowest BCUT2D eigenvalue weighted by atomic mass is 10.1. The van der Waals surface area contributed by atoms with Crippen molar-refractivity contribution in [2.75, 3.05) is 20.6 Å². The predicted octanol–water partition coefficient (Wildman–Crippen LogP) is 2.97. The zero-order valence-corrected chi connectivity index (χ0v) is 12.8. The molecule has 0 radical (unpaired) electrons. The fourth-order valence-corrected chi connectivity index (χ4v) is 3.93. The van der Waals surface area contributed by atoms with Gasteiger partial charge in [-0.3, -0.25) is 4.79 Å². The van der Waals surface area contributed by atoms with Crippen molar-refractivity contribution in [2.45, 2.75) is 44.6 Å². The first-order valence-corrected chi connectivity index (χ1v) is 7.98. The summed E-state index contributed by atoms with van der Waals surface area (Å²) in [4.78, 5) is 16.4. The van der Waals surface area contributed by atoms with E-state index in [-0.39, 0.29) is 5.91 Å². The molecule has 1 fully saturated rings. The van der Waals surface area contributed by atoms with Crippen molar-refractivity contribution >= 4 is 17.2 Å². The number of hydrogen-bond acceptors (Lipinski definition) is 3. The van der Waals surface area contributed by atoms with Crippen LogP contribution in [0.5, 0.6) is 0 Å². The van der Waals surface area contributed by atoms with E-state index in [4.69, 9.17) is 0 Å². The number of amides is 1. The van der Waals surface area contributed by atoms with Crippen molar-refractivity contribution < 1.29 is 4.79 Å². The molecular weight excluding hydrogens is 256 g/mol. The molecule has 0 saturated heterocycles. The largest absolute Gasteiger partial charge is 0.359 e. The summed E-state index contributed by atoms with van der Waals surface area (Å²) in [5.41, 5.74) is 0. The number of carbonyl (C=O) groups excluding carboxylic acids is 1. The summed E-state index contributed by atoms with van der Waals surface area (Å²) in [6.07, 6.45) is 6.10. The second-order valence-corrected chi connectivity index (χ2v) is 6.65. The van der Waals surface area contributed by atoms with Crippen LogP contribution in [0.25, 0.3) is 0 Å². The van der Waals surface area contributed by atoms with Gasteiger partial charge in [-0.15, -0.1) is 11.3 Å². The van der Waals surface area contributed by atoms with Crippen molar-refractivity contribution in [2.24, 2.45) is 0 Å². The molecule has 1 amide bonds. The average molecular weight is 280 g/mol. The molecule has 19 heavy (non-hydrogen) atoms.